The van der Waals surface area contributed by atoms with Crippen molar-refractivity contribution in [3.05, 3.63) is 22.4 Å². The Bertz CT molecular complexity index is 434. The molecule has 4 nitrogen and oxygen atoms in total. The van der Waals surface area contributed by atoms with Crippen molar-refractivity contribution in [1.82, 2.24) is 15.5 Å². The Balaban J connectivity index is 1.39. The summed E-state index contributed by atoms with van der Waals surface area (Å²) in [4.78, 5) is 14.6. The molecule has 5 heteroatoms. The Morgan fingerprint density at radius 2 is 2.05 bits per heavy atom. The number of carbonyl (C=O) groups is 1. The van der Waals surface area contributed by atoms with Gasteiger partial charge in [0.15, 0.2) is 0 Å². The fourth-order valence-corrected chi connectivity index (χ4v) is 3.99. The standard InChI is InChI=1S/C16H25N3OS/c20-16(14-5-10-21-12-14)18-15-3-8-19(9-4-15)11-13-1-6-17-7-2-13/h5,10,12-13,15,17H,1-4,6-9,11H2,(H,18,20). The molecule has 1 amide bonds. The van der Waals surface area contributed by atoms with Crippen LogP contribution in [0.2, 0.25) is 0 Å². The molecule has 0 aromatic carbocycles. The molecule has 0 saturated carbocycles. The molecular weight excluding hydrogens is 282 g/mol. The van der Waals surface area contributed by atoms with Crippen LogP contribution < -0.4 is 10.6 Å². The zero-order chi connectivity index (χ0) is 14.5. The van der Waals surface area contributed by atoms with Gasteiger partial charge in [0.1, 0.15) is 0 Å². The van der Waals surface area contributed by atoms with Crippen LogP contribution in [0, 0.1) is 5.92 Å². The Hall–Kier alpha value is -0.910. The maximum atomic E-state index is 12.0. The number of rotatable bonds is 4. The van der Waals surface area contributed by atoms with Crippen molar-refractivity contribution in [2.45, 2.75) is 31.7 Å². The number of carbonyl (C=O) groups excluding carboxylic acids is 1. The molecule has 116 valence electrons. The molecule has 21 heavy (non-hydrogen) atoms. The highest BCUT2D eigenvalue weighted by atomic mass is 32.1. The first-order chi connectivity index (χ1) is 10.3. The molecule has 2 aliphatic heterocycles. The lowest BCUT2D eigenvalue weighted by molar-refractivity contribution is 0.0903. The molecule has 3 heterocycles. The van der Waals surface area contributed by atoms with E-state index in [1.807, 2.05) is 16.8 Å². The second kappa shape index (κ2) is 7.38. The van der Waals surface area contributed by atoms with Crippen molar-refractivity contribution in [2.24, 2.45) is 5.92 Å². The fourth-order valence-electron chi connectivity index (χ4n) is 3.35. The summed E-state index contributed by atoms with van der Waals surface area (Å²) < 4.78 is 0. The lowest BCUT2D eigenvalue weighted by atomic mass is 9.96. The van der Waals surface area contributed by atoms with Gasteiger partial charge in [-0.05, 0) is 56.1 Å². The van der Waals surface area contributed by atoms with Crippen LogP contribution in [0.5, 0.6) is 0 Å². The van der Waals surface area contributed by atoms with E-state index >= 15 is 0 Å². The topological polar surface area (TPSA) is 44.4 Å². The molecular formula is C16H25N3OS. The van der Waals surface area contributed by atoms with Crippen molar-refractivity contribution in [2.75, 3.05) is 32.7 Å². The van der Waals surface area contributed by atoms with Gasteiger partial charge in [-0.15, -0.1) is 0 Å². The molecule has 2 fully saturated rings. The minimum atomic E-state index is 0.0908. The van der Waals surface area contributed by atoms with E-state index in [2.05, 4.69) is 15.5 Å². The van der Waals surface area contributed by atoms with Crippen LogP contribution in [0.25, 0.3) is 0 Å². The molecule has 3 rings (SSSR count). The van der Waals surface area contributed by atoms with Gasteiger partial charge in [-0.2, -0.15) is 11.3 Å². The largest absolute Gasteiger partial charge is 0.349 e. The lowest BCUT2D eigenvalue weighted by Gasteiger charge is -2.35. The molecule has 2 aliphatic rings. The lowest BCUT2D eigenvalue weighted by Crippen LogP contribution is -2.46. The van der Waals surface area contributed by atoms with Gasteiger partial charge in [-0.1, -0.05) is 0 Å². The molecule has 1 aromatic heterocycles. The maximum Gasteiger partial charge on any atom is 0.252 e. The molecule has 2 N–H and O–H groups in total. The van der Waals surface area contributed by atoms with Crippen LogP contribution in [-0.4, -0.2) is 49.6 Å². The van der Waals surface area contributed by atoms with Crippen molar-refractivity contribution in [1.29, 1.82) is 0 Å². The van der Waals surface area contributed by atoms with Gasteiger partial charge in [0.2, 0.25) is 0 Å². The van der Waals surface area contributed by atoms with E-state index in [0.29, 0.717) is 6.04 Å². The Labute approximate surface area is 130 Å². The molecule has 2 saturated heterocycles. The Morgan fingerprint density at radius 3 is 2.71 bits per heavy atom. The summed E-state index contributed by atoms with van der Waals surface area (Å²) in [6.07, 6.45) is 4.80. The van der Waals surface area contributed by atoms with Gasteiger partial charge in [0, 0.05) is 36.6 Å². The number of piperidine rings is 2. The number of thiophene rings is 1. The summed E-state index contributed by atoms with van der Waals surface area (Å²) in [7, 11) is 0. The molecule has 0 radical (unpaired) electrons. The smallest absolute Gasteiger partial charge is 0.252 e. The average molecular weight is 307 g/mol. The first kappa shape index (κ1) is 15.0. The number of likely N-dealkylation sites (tertiary alicyclic amines) is 1. The van der Waals surface area contributed by atoms with Crippen LogP contribution in [0.4, 0.5) is 0 Å². The van der Waals surface area contributed by atoms with Crippen LogP contribution in [-0.2, 0) is 0 Å². The van der Waals surface area contributed by atoms with Gasteiger partial charge in [-0.3, -0.25) is 4.79 Å². The zero-order valence-electron chi connectivity index (χ0n) is 12.5. The minimum absolute atomic E-state index is 0.0908. The minimum Gasteiger partial charge on any atom is -0.349 e. The average Bonchev–Trinajstić information content (AvgIpc) is 3.05. The van der Waals surface area contributed by atoms with E-state index in [0.717, 1.165) is 37.4 Å². The van der Waals surface area contributed by atoms with E-state index in [9.17, 15) is 4.79 Å². The van der Waals surface area contributed by atoms with Crippen LogP contribution in [0.3, 0.4) is 0 Å². The predicted molar refractivity (Wildman–Crippen MR) is 86.8 cm³/mol. The highest BCUT2D eigenvalue weighted by Crippen LogP contribution is 2.18. The summed E-state index contributed by atoms with van der Waals surface area (Å²) in [5.41, 5.74) is 0.803. The van der Waals surface area contributed by atoms with E-state index in [4.69, 9.17) is 0 Å². The number of hydrogen-bond acceptors (Lipinski definition) is 4. The maximum absolute atomic E-state index is 12.0. The molecule has 0 bridgehead atoms. The fraction of sp³-hybridized carbons (Fsp3) is 0.688. The molecule has 0 aliphatic carbocycles. The quantitative estimate of drug-likeness (QED) is 0.893. The van der Waals surface area contributed by atoms with Gasteiger partial charge in [-0.25, -0.2) is 0 Å². The first-order valence-electron chi connectivity index (χ1n) is 8.07. The summed E-state index contributed by atoms with van der Waals surface area (Å²) >= 11 is 1.58. The monoisotopic (exact) mass is 307 g/mol. The van der Waals surface area contributed by atoms with E-state index in [1.165, 1.54) is 32.5 Å². The van der Waals surface area contributed by atoms with Crippen LogP contribution in [0.1, 0.15) is 36.0 Å². The second-order valence-electron chi connectivity index (χ2n) is 6.25. The highest BCUT2D eigenvalue weighted by Gasteiger charge is 2.23. The van der Waals surface area contributed by atoms with E-state index in [-0.39, 0.29) is 5.91 Å². The van der Waals surface area contributed by atoms with Crippen molar-refractivity contribution in [3.63, 3.8) is 0 Å². The molecule has 1 aromatic rings. The third-order valence-corrected chi connectivity index (χ3v) is 5.36. The van der Waals surface area contributed by atoms with E-state index < -0.39 is 0 Å². The summed E-state index contributed by atoms with van der Waals surface area (Å²) in [5, 5.41) is 10.5. The van der Waals surface area contributed by atoms with Crippen molar-refractivity contribution >= 4 is 17.2 Å². The first-order valence-corrected chi connectivity index (χ1v) is 9.01. The summed E-state index contributed by atoms with van der Waals surface area (Å²) in [6, 6.07) is 2.24. The summed E-state index contributed by atoms with van der Waals surface area (Å²) in [6.45, 7) is 5.85. The third-order valence-electron chi connectivity index (χ3n) is 4.68. The third kappa shape index (κ3) is 4.28. The van der Waals surface area contributed by atoms with Crippen molar-refractivity contribution in [3.8, 4) is 0 Å². The Kier molecular flexibility index (Phi) is 5.27. The number of nitrogens with one attached hydrogen (secondary N) is 2. The number of hydrogen-bond donors (Lipinski definition) is 2. The van der Waals surface area contributed by atoms with Crippen LogP contribution >= 0.6 is 11.3 Å². The highest BCUT2D eigenvalue weighted by molar-refractivity contribution is 7.08. The van der Waals surface area contributed by atoms with Crippen LogP contribution in [0.15, 0.2) is 16.8 Å². The zero-order valence-corrected chi connectivity index (χ0v) is 13.3. The second-order valence-corrected chi connectivity index (χ2v) is 7.03. The van der Waals surface area contributed by atoms with Gasteiger partial charge < -0.3 is 15.5 Å². The summed E-state index contributed by atoms with van der Waals surface area (Å²) in [5.74, 6) is 0.955. The predicted octanol–water partition coefficient (Wildman–Crippen LogP) is 1.94. The van der Waals surface area contributed by atoms with Gasteiger partial charge in [0.25, 0.3) is 5.91 Å². The number of nitrogens with zero attached hydrogens (tertiary/aromatic N) is 1. The van der Waals surface area contributed by atoms with E-state index in [1.54, 1.807) is 11.3 Å². The Morgan fingerprint density at radius 1 is 1.29 bits per heavy atom. The SMILES string of the molecule is O=C(NC1CCN(CC2CCNCC2)CC1)c1ccsc1. The molecule has 0 spiro atoms. The van der Waals surface area contributed by atoms with Crippen molar-refractivity contribution < 1.29 is 4.79 Å². The van der Waals surface area contributed by atoms with Gasteiger partial charge in [0.05, 0.1) is 0 Å². The molecule has 0 atom stereocenters. The molecule has 0 unspecified atom stereocenters. The normalized spacial score (nSPS) is 22.3. The number of amides is 1. The van der Waals surface area contributed by atoms with Gasteiger partial charge >= 0.3 is 0 Å².